The molecule has 0 aromatic heterocycles. The Labute approximate surface area is 113 Å². The van der Waals surface area contributed by atoms with Crippen LogP contribution in [0.1, 0.15) is 23.6 Å². The van der Waals surface area contributed by atoms with E-state index in [1.54, 1.807) is 6.07 Å². The first-order valence-electron chi connectivity index (χ1n) is 5.72. The van der Waals surface area contributed by atoms with Gasteiger partial charge in [0, 0.05) is 6.04 Å². The molecule has 104 valence electrons. The maximum Gasteiger partial charge on any atom is 0.261 e. The molecule has 0 bridgehead atoms. The molecule has 1 aliphatic rings. The van der Waals surface area contributed by atoms with Crippen molar-refractivity contribution in [2.45, 2.75) is 18.9 Å². The molecule has 1 atom stereocenters. The third kappa shape index (κ3) is 5.75. The highest BCUT2D eigenvalue weighted by atomic mass is 32.2. The van der Waals surface area contributed by atoms with E-state index in [1.165, 1.54) is 11.1 Å². The van der Waals surface area contributed by atoms with Gasteiger partial charge in [-0.3, -0.25) is 9.87 Å². The molecule has 6 heteroatoms. The fraction of sp³-hybridized carbons (Fsp3) is 0.385. The van der Waals surface area contributed by atoms with Crippen LogP contribution in [0.5, 0.6) is 5.75 Å². The number of hydrogen-bond acceptors (Lipinski definition) is 4. The highest BCUT2D eigenvalue weighted by Gasteiger charge is 2.21. The molecule has 0 amide bonds. The van der Waals surface area contributed by atoms with E-state index in [9.17, 15) is 13.5 Å². The number of hydrogen-bond donors (Lipinski definition) is 3. The number of fused-ring (bicyclic) bond motifs is 1. The van der Waals surface area contributed by atoms with E-state index < -0.39 is 10.1 Å². The zero-order valence-electron chi connectivity index (χ0n) is 10.6. The van der Waals surface area contributed by atoms with Crippen molar-refractivity contribution in [3.05, 3.63) is 29.3 Å². The predicted octanol–water partition coefficient (Wildman–Crippen LogP) is 1.11. The molecule has 1 aromatic rings. The van der Waals surface area contributed by atoms with Crippen LogP contribution in [0.3, 0.4) is 0 Å². The minimum atomic E-state index is -3.67. The number of aryl methyl sites for hydroxylation is 1. The highest BCUT2D eigenvalue weighted by molar-refractivity contribution is 7.85. The number of rotatable bonds is 2. The molecule has 0 saturated heterocycles. The molecule has 0 fully saturated rings. The molecule has 1 aromatic carbocycles. The van der Waals surface area contributed by atoms with Crippen LogP contribution in [-0.4, -0.2) is 30.9 Å². The number of terminal acetylenes is 1. The van der Waals surface area contributed by atoms with Crippen LogP contribution < -0.4 is 5.32 Å². The van der Waals surface area contributed by atoms with Gasteiger partial charge in [0.25, 0.3) is 10.1 Å². The van der Waals surface area contributed by atoms with Gasteiger partial charge in [-0.05, 0) is 36.1 Å². The fourth-order valence-corrected chi connectivity index (χ4v) is 1.98. The quantitative estimate of drug-likeness (QED) is 0.559. The molecule has 1 aliphatic carbocycles. The van der Waals surface area contributed by atoms with E-state index in [1.807, 2.05) is 12.1 Å². The molecular weight excluding hydrogens is 266 g/mol. The average molecular weight is 283 g/mol. The van der Waals surface area contributed by atoms with Crippen LogP contribution in [0, 0.1) is 12.3 Å². The van der Waals surface area contributed by atoms with E-state index in [4.69, 9.17) is 11.0 Å². The summed E-state index contributed by atoms with van der Waals surface area (Å²) in [6.07, 6.45) is 8.05. The first kappa shape index (κ1) is 15.5. The summed E-state index contributed by atoms with van der Waals surface area (Å²) >= 11 is 0. The molecule has 0 spiro atoms. The summed E-state index contributed by atoms with van der Waals surface area (Å²) in [5.74, 6) is 2.90. The average Bonchev–Trinajstić information content (AvgIpc) is 2.66. The number of phenols is 1. The Hall–Kier alpha value is -1.55. The summed E-state index contributed by atoms with van der Waals surface area (Å²) in [6, 6.07) is 5.87. The Morgan fingerprint density at radius 2 is 2.16 bits per heavy atom. The Morgan fingerprint density at radius 1 is 1.53 bits per heavy atom. The maximum absolute atomic E-state index is 9.37. The van der Waals surface area contributed by atoms with Crippen LogP contribution in [-0.2, 0) is 16.5 Å². The van der Waals surface area contributed by atoms with E-state index in [2.05, 4.69) is 11.2 Å². The van der Waals surface area contributed by atoms with Crippen molar-refractivity contribution in [2.75, 3.05) is 12.8 Å². The third-order valence-electron chi connectivity index (χ3n) is 2.66. The van der Waals surface area contributed by atoms with Crippen LogP contribution in [0.4, 0.5) is 0 Å². The largest absolute Gasteiger partial charge is 0.508 e. The lowest BCUT2D eigenvalue weighted by molar-refractivity contribution is 0.472. The zero-order valence-corrected chi connectivity index (χ0v) is 11.4. The standard InChI is InChI=1S/C12H13NO.CH4O3S/c1-2-7-13-12-6-4-9-3-5-10(14)8-11(9)12;1-5(2,3)4/h1,3,5,8,12-14H,4,6-7H2;1H3,(H,2,3,4)/t12-;/m0./s1. The van der Waals surface area contributed by atoms with Crippen molar-refractivity contribution >= 4 is 10.1 Å². The lowest BCUT2D eigenvalue weighted by Crippen LogP contribution is -2.19. The number of aromatic hydroxyl groups is 1. The van der Waals surface area contributed by atoms with Gasteiger partial charge >= 0.3 is 0 Å². The maximum atomic E-state index is 9.37. The summed E-state index contributed by atoms with van der Waals surface area (Å²) in [4.78, 5) is 0. The predicted molar refractivity (Wildman–Crippen MR) is 73.5 cm³/mol. The van der Waals surface area contributed by atoms with Crippen LogP contribution in [0.15, 0.2) is 18.2 Å². The van der Waals surface area contributed by atoms with Gasteiger partial charge in [0.1, 0.15) is 5.75 Å². The second-order valence-corrected chi connectivity index (χ2v) is 5.76. The second kappa shape index (κ2) is 6.57. The van der Waals surface area contributed by atoms with Gasteiger partial charge in [-0.25, -0.2) is 0 Å². The number of nitrogens with one attached hydrogen (secondary N) is 1. The second-order valence-electron chi connectivity index (χ2n) is 4.29. The highest BCUT2D eigenvalue weighted by Crippen LogP contribution is 2.33. The SMILES string of the molecule is C#CCN[C@H]1CCc2ccc(O)cc21.CS(=O)(=O)O. The van der Waals surface area contributed by atoms with Gasteiger partial charge in [-0.1, -0.05) is 12.0 Å². The summed E-state index contributed by atoms with van der Waals surface area (Å²) in [5, 5.41) is 12.6. The van der Waals surface area contributed by atoms with Gasteiger partial charge in [0.15, 0.2) is 0 Å². The van der Waals surface area contributed by atoms with Gasteiger partial charge in [0.2, 0.25) is 0 Å². The lowest BCUT2D eigenvalue weighted by atomic mass is 10.1. The molecular formula is C13H17NO4S. The topological polar surface area (TPSA) is 86.6 Å². The third-order valence-corrected chi connectivity index (χ3v) is 2.66. The Bertz CT molecular complexity index is 567. The van der Waals surface area contributed by atoms with Crippen molar-refractivity contribution in [3.63, 3.8) is 0 Å². The van der Waals surface area contributed by atoms with E-state index in [0.29, 0.717) is 24.6 Å². The molecule has 0 aliphatic heterocycles. The van der Waals surface area contributed by atoms with Crippen molar-refractivity contribution in [2.24, 2.45) is 0 Å². The van der Waals surface area contributed by atoms with E-state index in [-0.39, 0.29) is 0 Å². The summed E-state index contributed by atoms with van der Waals surface area (Å²) < 4.78 is 25.9. The van der Waals surface area contributed by atoms with Gasteiger partial charge in [0.05, 0.1) is 12.8 Å². The monoisotopic (exact) mass is 283 g/mol. The molecule has 19 heavy (non-hydrogen) atoms. The smallest absolute Gasteiger partial charge is 0.261 e. The zero-order chi connectivity index (χ0) is 14.5. The molecule has 0 heterocycles. The lowest BCUT2D eigenvalue weighted by Gasteiger charge is -2.11. The van der Waals surface area contributed by atoms with Gasteiger partial charge in [-0.15, -0.1) is 6.42 Å². The molecule has 0 saturated carbocycles. The molecule has 3 N–H and O–H groups in total. The first-order valence-corrected chi connectivity index (χ1v) is 7.57. The molecule has 0 unspecified atom stereocenters. The Kier molecular flexibility index (Phi) is 5.36. The molecule has 2 rings (SSSR count). The Balaban J connectivity index is 0.000000312. The Morgan fingerprint density at radius 3 is 2.74 bits per heavy atom. The summed E-state index contributed by atoms with van der Waals surface area (Å²) in [6.45, 7) is 0.583. The van der Waals surface area contributed by atoms with E-state index in [0.717, 1.165) is 12.8 Å². The number of phenolic OH excluding ortho intramolecular Hbond substituents is 1. The van der Waals surface area contributed by atoms with Gasteiger partial charge in [-0.2, -0.15) is 8.42 Å². The van der Waals surface area contributed by atoms with E-state index >= 15 is 0 Å². The minimum Gasteiger partial charge on any atom is -0.508 e. The van der Waals surface area contributed by atoms with Gasteiger partial charge < -0.3 is 5.11 Å². The summed E-state index contributed by atoms with van der Waals surface area (Å²) in [7, 11) is -3.67. The molecule has 5 nitrogen and oxygen atoms in total. The summed E-state index contributed by atoms with van der Waals surface area (Å²) in [5.41, 5.74) is 2.51. The van der Waals surface area contributed by atoms with Crippen LogP contribution in [0.25, 0.3) is 0 Å². The molecule has 0 radical (unpaired) electrons. The van der Waals surface area contributed by atoms with Crippen molar-refractivity contribution < 1.29 is 18.1 Å². The minimum absolute atomic E-state index is 0.313. The fourth-order valence-electron chi connectivity index (χ4n) is 1.98. The van der Waals surface area contributed by atoms with Crippen LogP contribution in [0.2, 0.25) is 0 Å². The normalized spacial score (nSPS) is 17.0. The number of benzene rings is 1. The van der Waals surface area contributed by atoms with Crippen molar-refractivity contribution in [3.8, 4) is 18.1 Å². The van der Waals surface area contributed by atoms with Crippen LogP contribution >= 0.6 is 0 Å². The van der Waals surface area contributed by atoms with Crippen molar-refractivity contribution in [1.82, 2.24) is 5.32 Å². The van der Waals surface area contributed by atoms with Crippen molar-refractivity contribution in [1.29, 1.82) is 0 Å². The first-order chi connectivity index (χ1) is 8.81.